The fourth-order valence-corrected chi connectivity index (χ4v) is 2.06. The minimum atomic E-state index is -0.304. The van der Waals surface area contributed by atoms with Gasteiger partial charge in [-0.3, -0.25) is 4.98 Å². The minimum Gasteiger partial charge on any atom is -0.497 e. The van der Waals surface area contributed by atoms with Crippen molar-refractivity contribution >= 4 is 0 Å². The highest BCUT2D eigenvalue weighted by molar-refractivity contribution is 5.35. The predicted molar refractivity (Wildman–Crippen MR) is 72.8 cm³/mol. The summed E-state index contributed by atoms with van der Waals surface area (Å²) in [4.78, 5) is 4.44. The standard InChI is InChI=1S/C15H17FN2O/c1-10-5-4-6-14(18-10)15(17-2)12-8-7-11(19-3)9-13(12)16/h4-9,15,17H,1-3H3. The molecule has 2 aromatic rings. The maximum Gasteiger partial charge on any atom is 0.132 e. The van der Waals surface area contributed by atoms with Gasteiger partial charge in [0.25, 0.3) is 0 Å². The first-order chi connectivity index (χ1) is 9.15. The van der Waals surface area contributed by atoms with Crippen molar-refractivity contribution in [3.8, 4) is 5.75 Å². The minimum absolute atomic E-state index is 0.272. The molecule has 100 valence electrons. The summed E-state index contributed by atoms with van der Waals surface area (Å²) in [6.45, 7) is 1.92. The number of aryl methyl sites for hydroxylation is 1. The summed E-state index contributed by atoms with van der Waals surface area (Å²) >= 11 is 0. The van der Waals surface area contributed by atoms with Gasteiger partial charge in [-0.05, 0) is 32.2 Å². The number of nitrogens with one attached hydrogen (secondary N) is 1. The number of ether oxygens (including phenoxy) is 1. The van der Waals surface area contributed by atoms with Crippen LogP contribution in [0.2, 0.25) is 0 Å². The highest BCUT2D eigenvalue weighted by Gasteiger charge is 2.17. The van der Waals surface area contributed by atoms with Gasteiger partial charge >= 0.3 is 0 Å². The number of rotatable bonds is 4. The molecule has 1 unspecified atom stereocenters. The first kappa shape index (κ1) is 13.5. The van der Waals surface area contributed by atoms with Crippen molar-refractivity contribution in [2.45, 2.75) is 13.0 Å². The summed E-state index contributed by atoms with van der Waals surface area (Å²) in [7, 11) is 3.31. The summed E-state index contributed by atoms with van der Waals surface area (Å²) < 4.78 is 19.1. The number of nitrogens with zero attached hydrogens (tertiary/aromatic N) is 1. The van der Waals surface area contributed by atoms with Crippen LogP contribution in [0.25, 0.3) is 0 Å². The largest absolute Gasteiger partial charge is 0.497 e. The van der Waals surface area contributed by atoms with Gasteiger partial charge in [-0.15, -0.1) is 0 Å². The maximum atomic E-state index is 14.1. The first-order valence-electron chi connectivity index (χ1n) is 6.10. The summed E-state index contributed by atoms with van der Waals surface area (Å²) in [5.41, 5.74) is 2.26. The van der Waals surface area contributed by atoms with E-state index < -0.39 is 0 Å². The van der Waals surface area contributed by atoms with Gasteiger partial charge in [-0.2, -0.15) is 0 Å². The molecule has 0 aliphatic rings. The second kappa shape index (κ2) is 5.80. The Balaban J connectivity index is 2.42. The van der Waals surface area contributed by atoms with E-state index in [1.165, 1.54) is 13.2 Å². The van der Waals surface area contributed by atoms with Gasteiger partial charge in [0.15, 0.2) is 0 Å². The maximum absolute atomic E-state index is 14.1. The van der Waals surface area contributed by atoms with E-state index in [1.54, 1.807) is 19.2 Å². The number of hydrogen-bond donors (Lipinski definition) is 1. The Bertz CT molecular complexity index is 572. The lowest BCUT2D eigenvalue weighted by atomic mass is 10.0. The Morgan fingerprint density at radius 3 is 2.63 bits per heavy atom. The summed E-state index contributed by atoms with van der Waals surface area (Å²) in [6, 6.07) is 10.3. The third-order valence-electron chi connectivity index (χ3n) is 3.01. The van der Waals surface area contributed by atoms with Gasteiger partial charge in [0, 0.05) is 17.3 Å². The molecule has 3 nitrogen and oxygen atoms in total. The zero-order chi connectivity index (χ0) is 13.8. The number of pyridine rings is 1. The number of halogens is 1. The van der Waals surface area contributed by atoms with E-state index in [1.807, 2.05) is 25.1 Å². The van der Waals surface area contributed by atoms with Gasteiger partial charge in [-0.1, -0.05) is 12.1 Å². The molecule has 1 aromatic carbocycles. The third kappa shape index (κ3) is 2.90. The highest BCUT2D eigenvalue weighted by atomic mass is 19.1. The fraction of sp³-hybridized carbons (Fsp3) is 0.267. The van der Waals surface area contributed by atoms with Crippen molar-refractivity contribution in [3.05, 3.63) is 59.2 Å². The van der Waals surface area contributed by atoms with Crippen LogP contribution in [-0.2, 0) is 0 Å². The van der Waals surface area contributed by atoms with Crippen LogP contribution in [0.4, 0.5) is 4.39 Å². The van der Waals surface area contributed by atoms with Gasteiger partial charge in [0.05, 0.1) is 18.8 Å². The molecule has 0 spiro atoms. The SMILES string of the molecule is CNC(c1cccc(C)n1)c1ccc(OC)cc1F. The Kier molecular flexibility index (Phi) is 4.12. The molecule has 0 bridgehead atoms. The fourth-order valence-electron chi connectivity index (χ4n) is 2.06. The zero-order valence-electron chi connectivity index (χ0n) is 11.3. The number of benzene rings is 1. The van der Waals surface area contributed by atoms with E-state index in [0.717, 1.165) is 11.4 Å². The Morgan fingerprint density at radius 1 is 1.26 bits per heavy atom. The molecule has 0 aliphatic carbocycles. The van der Waals surface area contributed by atoms with Gasteiger partial charge < -0.3 is 10.1 Å². The average molecular weight is 260 g/mol. The van der Waals surface area contributed by atoms with Crippen LogP contribution < -0.4 is 10.1 Å². The van der Waals surface area contributed by atoms with Crippen LogP contribution in [0.15, 0.2) is 36.4 Å². The molecule has 0 saturated heterocycles. The quantitative estimate of drug-likeness (QED) is 0.918. The first-order valence-corrected chi connectivity index (χ1v) is 6.10. The molecular weight excluding hydrogens is 243 g/mol. The molecule has 0 saturated carbocycles. The molecule has 1 atom stereocenters. The van der Waals surface area contributed by atoms with Gasteiger partial charge in [0.1, 0.15) is 11.6 Å². The van der Waals surface area contributed by atoms with E-state index in [4.69, 9.17) is 4.74 Å². The van der Waals surface area contributed by atoms with Crippen LogP contribution >= 0.6 is 0 Å². The molecule has 4 heteroatoms. The van der Waals surface area contributed by atoms with E-state index in [-0.39, 0.29) is 11.9 Å². The lowest BCUT2D eigenvalue weighted by molar-refractivity contribution is 0.410. The molecule has 2 rings (SSSR count). The lowest BCUT2D eigenvalue weighted by Gasteiger charge is -2.17. The Labute approximate surface area is 112 Å². The lowest BCUT2D eigenvalue weighted by Crippen LogP contribution is -2.20. The molecule has 1 heterocycles. The van der Waals surface area contributed by atoms with Crippen LogP contribution in [-0.4, -0.2) is 19.1 Å². The third-order valence-corrected chi connectivity index (χ3v) is 3.01. The second-order valence-electron chi connectivity index (χ2n) is 4.31. The monoisotopic (exact) mass is 260 g/mol. The number of hydrogen-bond acceptors (Lipinski definition) is 3. The topological polar surface area (TPSA) is 34.2 Å². The molecule has 1 N–H and O–H groups in total. The molecule has 1 aromatic heterocycles. The van der Waals surface area contributed by atoms with Crippen LogP contribution in [0.1, 0.15) is 23.0 Å². The molecule has 19 heavy (non-hydrogen) atoms. The highest BCUT2D eigenvalue weighted by Crippen LogP contribution is 2.25. The molecule has 0 fully saturated rings. The normalized spacial score (nSPS) is 12.2. The summed E-state index contributed by atoms with van der Waals surface area (Å²) in [5.74, 6) is 0.204. The summed E-state index contributed by atoms with van der Waals surface area (Å²) in [5, 5.41) is 3.10. The average Bonchev–Trinajstić information content (AvgIpc) is 2.41. The van der Waals surface area contributed by atoms with E-state index in [0.29, 0.717) is 11.3 Å². The van der Waals surface area contributed by atoms with Gasteiger partial charge in [-0.25, -0.2) is 4.39 Å². The number of methoxy groups -OCH3 is 1. The van der Waals surface area contributed by atoms with E-state index >= 15 is 0 Å². The number of aromatic nitrogens is 1. The smallest absolute Gasteiger partial charge is 0.132 e. The van der Waals surface area contributed by atoms with Crippen molar-refractivity contribution < 1.29 is 9.13 Å². The molecule has 0 radical (unpaired) electrons. The molecule has 0 amide bonds. The molecular formula is C15H17FN2O. The zero-order valence-corrected chi connectivity index (χ0v) is 11.3. The van der Waals surface area contributed by atoms with Crippen molar-refractivity contribution in [3.63, 3.8) is 0 Å². The Hall–Kier alpha value is -1.94. The van der Waals surface area contributed by atoms with E-state index in [9.17, 15) is 4.39 Å². The van der Waals surface area contributed by atoms with Crippen LogP contribution in [0, 0.1) is 12.7 Å². The van der Waals surface area contributed by atoms with Gasteiger partial charge in [0.2, 0.25) is 0 Å². The molecule has 0 aliphatic heterocycles. The van der Waals surface area contributed by atoms with Crippen LogP contribution in [0.5, 0.6) is 5.75 Å². The Morgan fingerprint density at radius 2 is 2.05 bits per heavy atom. The van der Waals surface area contributed by atoms with Crippen molar-refractivity contribution in [2.75, 3.05) is 14.2 Å². The van der Waals surface area contributed by atoms with Crippen molar-refractivity contribution in [2.24, 2.45) is 0 Å². The van der Waals surface area contributed by atoms with Crippen molar-refractivity contribution in [1.82, 2.24) is 10.3 Å². The summed E-state index contributed by atoms with van der Waals surface area (Å²) in [6.07, 6.45) is 0. The predicted octanol–water partition coefficient (Wildman–Crippen LogP) is 2.85. The van der Waals surface area contributed by atoms with Crippen LogP contribution in [0.3, 0.4) is 0 Å². The second-order valence-corrected chi connectivity index (χ2v) is 4.31. The van der Waals surface area contributed by atoms with E-state index in [2.05, 4.69) is 10.3 Å². The van der Waals surface area contributed by atoms with Crippen molar-refractivity contribution in [1.29, 1.82) is 0 Å².